The maximum atomic E-state index is 11.8. The molecule has 0 aliphatic rings. The Morgan fingerprint density at radius 2 is 2.35 bits per heavy atom. The molecule has 1 unspecified atom stereocenters. The highest BCUT2D eigenvalue weighted by molar-refractivity contribution is 5.89. The topological polar surface area (TPSA) is 71.5 Å². The number of anilines is 1. The molecule has 0 saturated heterocycles. The fourth-order valence-corrected chi connectivity index (χ4v) is 1.64. The van der Waals surface area contributed by atoms with E-state index in [2.05, 4.69) is 22.1 Å². The average Bonchev–Trinajstić information content (AvgIpc) is 2.39. The van der Waals surface area contributed by atoms with Gasteiger partial charge in [-0.3, -0.25) is 4.79 Å². The van der Waals surface area contributed by atoms with E-state index in [0.717, 1.165) is 0 Å². The zero-order valence-electron chi connectivity index (χ0n) is 11.8. The number of nitrogens with one attached hydrogen (secondary N) is 1. The van der Waals surface area contributed by atoms with Crippen LogP contribution in [0.3, 0.4) is 0 Å². The first kappa shape index (κ1) is 16.2. The summed E-state index contributed by atoms with van der Waals surface area (Å²) >= 11 is 0. The standard InChI is InChI=1S/C15H20N2O3/c1-12(11-20-2)10-15(19)17-14-8-5-7-13(16-14)6-3-4-9-18/h5,7-8,12,18H,4,9-11H2,1-2H3,(H,16,17,19). The summed E-state index contributed by atoms with van der Waals surface area (Å²) in [6, 6.07) is 5.26. The van der Waals surface area contributed by atoms with E-state index in [0.29, 0.717) is 31.0 Å². The summed E-state index contributed by atoms with van der Waals surface area (Å²) in [5, 5.41) is 11.4. The van der Waals surface area contributed by atoms with E-state index in [4.69, 9.17) is 9.84 Å². The zero-order chi connectivity index (χ0) is 14.8. The smallest absolute Gasteiger partial charge is 0.225 e. The van der Waals surface area contributed by atoms with E-state index in [1.165, 1.54) is 0 Å². The van der Waals surface area contributed by atoms with Crippen molar-refractivity contribution in [2.75, 3.05) is 25.6 Å². The Morgan fingerprint density at radius 3 is 3.05 bits per heavy atom. The normalized spacial score (nSPS) is 11.3. The maximum Gasteiger partial charge on any atom is 0.225 e. The highest BCUT2D eigenvalue weighted by Crippen LogP contribution is 2.08. The molecular weight excluding hydrogens is 256 g/mol. The molecule has 0 aliphatic heterocycles. The number of aromatic nitrogens is 1. The summed E-state index contributed by atoms with van der Waals surface area (Å²) in [4.78, 5) is 16.0. The molecule has 108 valence electrons. The monoisotopic (exact) mass is 276 g/mol. The molecule has 1 atom stereocenters. The summed E-state index contributed by atoms with van der Waals surface area (Å²) < 4.78 is 4.99. The summed E-state index contributed by atoms with van der Waals surface area (Å²) in [6.07, 6.45) is 0.794. The number of hydrogen-bond donors (Lipinski definition) is 2. The van der Waals surface area contributed by atoms with Crippen LogP contribution < -0.4 is 5.32 Å². The summed E-state index contributed by atoms with van der Waals surface area (Å²) in [5.74, 6) is 6.16. The van der Waals surface area contributed by atoms with Crippen LogP contribution in [0.2, 0.25) is 0 Å². The van der Waals surface area contributed by atoms with Crippen molar-refractivity contribution in [1.29, 1.82) is 0 Å². The summed E-state index contributed by atoms with van der Waals surface area (Å²) in [6.45, 7) is 2.53. The van der Waals surface area contributed by atoms with Gasteiger partial charge in [-0.1, -0.05) is 18.9 Å². The lowest BCUT2D eigenvalue weighted by Crippen LogP contribution is -2.18. The van der Waals surface area contributed by atoms with Crippen molar-refractivity contribution in [3.63, 3.8) is 0 Å². The minimum absolute atomic E-state index is 0.0286. The quantitative estimate of drug-likeness (QED) is 0.771. The third-order valence-corrected chi connectivity index (χ3v) is 2.45. The predicted octanol–water partition coefficient (Wildman–Crippen LogP) is 1.43. The van der Waals surface area contributed by atoms with Gasteiger partial charge in [-0.25, -0.2) is 4.98 Å². The van der Waals surface area contributed by atoms with Crippen LogP contribution in [0.25, 0.3) is 0 Å². The largest absolute Gasteiger partial charge is 0.395 e. The van der Waals surface area contributed by atoms with Gasteiger partial charge in [-0.05, 0) is 24.0 Å². The van der Waals surface area contributed by atoms with Gasteiger partial charge in [0.1, 0.15) is 11.5 Å². The Bertz CT molecular complexity index is 491. The zero-order valence-corrected chi connectivity index (χ0v) is 11.8. The fourth-order valence-electron chi connectivity index (χ4n) is 1.64. The van der Waals surface area contributed by atoms with Gasteiger partial charge in [0.15, 0.2) is 0 Å². The van der Waals surface area contributed by atoms with Crippen molar-refractivity contribution in [3.8, 4) is 11.8 Å². The van der Waals surface area contributed by atoms with E-state index in [9.17, 15) is 4.79 Å². The van der Waals surface area contributed by atoms with Crippen molar-refractivity contribution in [2.45, 2.75) is 19.8 Å². The Hall–Kier alpha value is -1.90. The van der Waals surface area contributed by atoms with Crippen molar-refractivity contribution < 1.29 is 14.6 Å². The van der Waals surface area contributed by atoms with Crippen LogP contribution >= 0.6 is 0 Å². The van der Waals surface area contributed by atoms with Gasteiger partial charge in [0.2, 0.25) is 5.91 Å². The summed E-state index contributed by atoms with van der Waals surface area (Å²) in [7, 11) is 1.62. The number of ether oxygens (including phenoxy) is 1. The van der Waals surface area contributed by atoms with Gasteiger partial charge in [0.05, 0.1) is 6.61 Å². The van der Waals surface area contributed by atoms with E-state index in [1.54, 1.807) is 25.3 Å². The van der Waals surface area contributed by atoms with Gasteiger partial charge in [0.25, 0.3) is 0 Å². The molecule has 1 heterocycles. The molecular formula is C15H20N2O3. The number of amides is 1. The SMILES string of the molecule is COCC(C)CC(=O)Nc1cccc(C#CCCO)n1. The highest BCUT2D eigenvalue weighted by Gasteiger charge is 2.09. The Morgan fingerprint density at radius 1 is 1.55 bits per heavy atom. The number of aliphatic hydroxyl groups excluding tert-OH is 1. The molecule has 1 rings (SSSR count). The third kappa shape index (κ3) is 6.32. The third-order valence-electron chi connectivity index (χ3n) is 2.45. The van der Waals surface area contributed by atoms with E-state index >= 15 is 0 Å². The van der Waals surface area contributed by atoms with Gasteiger partial charge in [-0.15, -0.1) is 0 Å². The fraction of sp³-hybridized carbons (Fsp3) is 0.467. The second-order valence-electron chi connectivity index (χ2n) is 4.50. The second kappa shape index (κ2) is 9.08. The average molecular weight is 276 g/mol. The Balaban J connectivity index is 2.58. The van der Waals surface area contributed by atoms with Crippen LogP contribution in [0.5, 0.6) is 0 Å². The predicted molar refractivity (Wildman–Crippen MR) is 77.1 cm³/mol. The number of methoxy groups -OCH3 is 1. The van der Waals surface area contributed by atoms with Crippen molar-refractivity contribution in [1.82, 2.24) is 4.98 Å². The number of carbonyl (C=O) groups is 1. The van der Waals surface area contributed by atoms with E-state index < -0.39 is 0 Å². The molecule has 20 heavy (non-hydrogen) atoms. The van der Waals surface area contributed by atoms with Gasteiger partial charge < -0.3 is 15.2 Å². The molecule has 0 spiro atoms. The van der Waals surface area contributed by atoms with Crippen LogP contribution in [-0.4, -0.2) is 36.3 Å². The molecule has 0 aliphatic carbocycles. The number of rotatable bonds is 6. The van der Waals surface area contributed by atoms with Crippen molar-refractivity contribution in [2.24, 2.45) is 5.92 Å². The molecule has 0 bridgehead atoms. The van der Waals surface area contributed by atoms with E-state index in [1.807, 2.05) is 6.92 Å². The minimum atomic E-state index is -0.0949. The molecule has 0 radical (unpaired) electrons. The number of pyridine rings is 1. The first-order chi connectivity index (χ1) is 9.65. The number of carbonyl (C=O) groups excluding carboxylic acids is 1. The molecule has 2 N–H and O–H groups in total. The molecule has 0 saturated carbocycles. The minimum Gasteiger partial charge on any atom is -0.395 e. The lowest BCUT2D eigenvalue weighted by molar-refractivity contribution is -0.117. The maximum absolute atomic E-state index is 11.8. The second-order valence-corrected chi connectivity index (χ2v) is 4.50. The van der Waals surface area contributed by atoms with Crippen LogP contribution in [0.4, 0.5) is 5.82 Å². The van der Waals surface area contributed by atoms with Gasteiger partial charge in [0, 0.05) is 26.6 Å². The Kier molecular flexibility index (Phi) is 7.33. The van der Waals surface area contributed by atoms with E-state index in [-0.39, 0.29) is 18.4 Å². The first-order valence-corrected chi connectivity index (χ1v) is 6.51. The summed E-state index contributed by atoms with van der Waals surface area (Å²) in [5.41, 5.74) is 0.571. The van der Waals surface area contributed by atoms with Crippen LogP contribution in [0, 0.1) is 17.8 Å². The molecule has 1 amide bonds. The lowest BCUT2D eigenvalue weighted by Gasteiger charge is -2.10. The van der Waals surface area contributed by atoms with Crippen molar-refractivity contribution >= 4 is 11.7 Å². The van der Waals surface area contributed by atoms with Crippen LogP contribution in [0.1, 0.15) is 25.5 Å². The Labute approximate surface area is 119 Å². The molecule has 5 nitrogen and oxygen atoms in total. The lowest BCUT2D eigenvalue weighted by atomic mass is 10.1. The van der Waals surface area contributed by atoms with Gasteiger partial charge in [-0.2, -0.15) is 0 Å². The molecule has 1 aromatic rings. The first-order valence-electron chi connectivity index (χ1n) is 6.51. The van der Waals surface area contributed by atoms with Gasteiger partial charge >= 0.3 is 0 Å². The molecule has 0 fully saturated rings. The van der Waals surface area contributed by atoms with Crippen molar-refractivity contribution in [3.05, 3.63) is 23.9 Å². The van der Waals surface area contributed by atoms with Crippen LogP contribution in [0.15, 0.2) is 18.2 Å². The van der Waals surface area contributed by atoms with Crippen LogP contribution in [-0.2, 0) is 9.53 Å². The number of aliphatic hydroxyl groups is 1. The molecule has 5 heteroatoms. The molecule has 1 aromatic heterocycles. The highest BCUT2D eigenvalue weighted by atomic mass is 16.5. The number of hydrogen-bond acceptors (Lipinski definition) is 4. The number of nitrogens with zero attached hydrogens (tertiary/aromatic N) is 1. The molecule has 0 aromatic carbocycles.